The molecule has 112 valence electrons. The van der Waals surface area contributed by atoms with Gasteiger partial charge in [0.25, 0.3) is 0 Å². The minimum absolute atomic E-state index is 0.108. The molecule has 1 aromatic rings. The maximum absolute atomic E-state index is 12.6. The van der Waals surface area contributed by atoms with Gasteiger partial charge in [-0.15, -0.1) is 0 Å². The molecule has 1 fully saturated rings. The molecule has 1 aliphatic carbocycles. The number of nitrogens with zero attached hydrogens (tertiary/aromatic N) is 2. The molecule has 1 aromatic heterocycles. The number of hydrogen-bond acceptors (Lipinski definition) is 3. The van der Waals surface area contributed by atoms with Crippen LogP contribution in [-0.4, -0.2) is 16.1 Å². The van der Waals surface area contributed by atoms with E-state index < -0.39 is 12.0 Å². The number of halogens is 4. The van der Waals surface area contributed by atoms with Crippen LogP contribution in [0.3, 0.4) is 0 Å². The Morgan fingerprint density at radius 2 is 1.75 bits per heavy atom. The van der Waals surface area contributed by atoms with Gasteiger partial charge < -0.3 is 4.74 Å². The van der Waals surface area contributed by atoms with Crippen LogP contribution in [0.4, 0.5) is 13.2 Å². The Labute approximate surface area is 120 Å². The molecule has 0 spiro atoms. The molecular formula is C13H16ClF3N2O. The number of hydrogen-bond donors (Lipinski definition) is 0. The van der Waals surface area contributed by atoms with E-state index in [0.29, 0.717) is 11.8 Å². The van der Waals surface area contributed by atoms with Crippen LogP contribution < -0.4 is 4.74 Å². The zero-order chi connectivity index (χ0) is 14.9. The van der Waals surface area contributed by atoms with Crippen LogP contribution in [-0.2, 0) is 6.18 Å². The Hall–Kier alpha value is -1.04. The van der Waals surface area contributed by atoms with Crippen molar-refractivity contribution in [3.63, 3.8) is 0 Å². The van der Waals surface area contributed by atoms with Gasteiger partial charge in [-0.3, -0.25) is 0 Å². The first-order valence-corrected chi connectivity index (χ1v) is 6.90. The van der Waals surface area contributed by atoms with Crippen molar-refractivity contribution < 1.29 is 17.9 Å². The minimum atomic E-state index is -4.63. The Balaban J connectivity index is 2.15. The maximum Gasteiger partial charge on any atom is 0.451 e. The molecule has 0 amide bonds. The maximum atomic E-state index is 12.6. The van der Waals surface area contributed by atoms with E-state index in [1.165, 1.54) is 6.07 Å². The van der Waals surface area contributed by atoms with Gasteiger partial charge in [-0.2, -0.15) is 18.2 Å². The predicted octanol–water partition coefficient (Wildman–Crippen LogP) is 4.35. The summed E-state index contributed by atoms with van der Waals surface area (Å²) < 4.78 is 43.4. The van der Waals surface area contributed by atoms with E-state index in [2.05, 4.69) is 23.8 Å². The third-order valence-corrected chi connectivity index (χ3v) is 3.54. The van der Waals surface area contributed by atoms with Crippen molar-refractivity contribution >= 4 is 11.6 Å². The molecule has 2 rings (SSSR count). The summed E-state index contributed by atoms with van der Waals surface area (Å²) in [5.74, 6) is -0.396. The average molecular weight is 309 g/mol. The molecule has 0 aromatic carbocycles. The van der Waals surface area contributed by atoms with Gasteiger partial charge in [0.1, 0.15) is 11.3 Å². The molecule has 0 bridgehead atoms. The van der Waals surface area contributed by atoms with Gasteiger partial charge in [0.2, 0.25) is 11.7 Å². The highest BCUT2D eigenvalue weighted by Gasteiger charge is 2.36. The van der Waals surface area contributed by atoms with Gasteiger partial charge in [0.15, 0.2) is 0 Å². The summed E-state index contributed by atoms with van der Waals surface area (Å²) in [7, 11) is 0. The lowest BCUT2D eigenvalue weighted by Crippen LogP contribution is -2.29. The normalized spacial score (nSPS) is 27.4. The second-order valence-corrected chi connectivity index (χ2v) is 5.89. The second kappa shape index (κ2) is 5.76. The van der Waals surface area contributed by atoms with Gasteiger partial charge in [-0.25, -0.2) is 4.98 Å². The van der Waals surface area contributed by atoms with E-state index in [0.717, 1.165) is 19.3 Å². The lowest BCUT2D eigenvalue weighted by molar-refractivity contribution is -0.145. The fraction of sp³-hybridized carbons (Fsp3) is 0.692. The summed E-state index contributed by atoms with van der Waals surface area (Å²) in [6.45, 7) is 4.22. The Kier molecular flexibility index (Phi) is 4.42. The van der Waals surface area contributed by atoms with E-state index in [1.807, 2.05) is 0 Å². The highest BCUT2D eigenvalue weighted by molar-refractivity contribution is 6.29. The van der Waals surface area contributed by atoms with Crippen molar-refractivity contribution in [2.75, 3.05) is 0 Å². The first-order valence-electron chi connectivity index (χ1n) is 6.52. The number of ether oxygens (including phenoxy) is 1. The first kappa shape index (κ1) is 15.4. The molecule has 2 atom stereocenters. The zero-order valence-electron chi connectivity index (χ0n) is 11.2. The standard InChI is InChI=1S/C13H16ClF3N2O/c1-7-3-8(2)5-9(4-7)20-11-6-10(14)18-12(19-11)13(15,16)17/h6-9H,3-5H2,1-2H3. The molecule has 1 heterocycles. The molecule has 20 heavy (non-hydrogen) atoms. The molecule has 7 heteroatoms. The van der Waals surface area contributed by atoms with E-state index in [9.17, 15) is 13.2 Å². The lowest BCUT2D eigenvalue weighted by atomic mass is 9.82. The SMILES string of the molecule is CC1CC(C)CC(Oc2cc(Cl)nc(C(F)(F)F)n2)C1. The minimum Gasteiger partial charge on any atom is -0.474 e. The smallest absolute Gasteiger partial charge is 0.451 e. The molecular weight excluding hydrogens is 293 g/mol. The van der Waals surface area contributed by atoms with Gasteiger partial charge in [0, 0.05) is 6.07 Å². The van der Waals surface area contributed by atoms with Crippen molar-refractivity contribution in [3.8, 4) is 5.88 Å². The summed E-state index contributed by atoms with van der Waals surface area (Å²) in [5, 5.41) is -0.265. The third-order valence-electron chi connectivity index (χ3n) is 3.35. The van der Waals surface area contributed by atoms with Crippen LogP contribution >= 0.6 is 11.6 Å². The van der Waals surface area contributed by atoms with Gasteiger partial charge in [-0.1, -0.05) is 25.4 Å². The first-order chi connectivity index (χ1) is 9.24. The van der Waals surface area contributed by atoms with Crippen molar-refractivity contribution in [1.29, 1.82) is 0 Å². The second-order valence-electron chi connectivity index (χ2n) is 5.51. The number of alkyl halides is 3. The summed E-state index contributed by atoms with van der Waals surface area (Å²) in [6, 6.07) is 1.22. The van der Waals surface area contributed by atoms with E-state index in [-0.39, 0.29) is 17.1 Å². The Bertz CT molecular complexity index is 471. The van der Waals surface area contributed by atoms with Crippen LogP contribution in [0.2, 0.25) is 5.15 Å². The van der Waals surface area contributed by atoms with Crippen LogP contribution in [0.15, 0.2) is 6.07 Å². The van der Waals surface area contributed by atoms with Crippen LogP contribution in [0.1, 0.15) is 38.9 Å². The molecule has 1 saturated carbocycles. The van der Waals surface area contributed by atoms with Crippen molar-refractivity contribution in [3.05, 3.63) is 17.0 Å². The zero-order valence-corrected chi connectivity index (χ0v) is 12.0. The fourth-order valence-electron chi connectivity index (χ4n) is 2.72. The monoisotopic (exact) mass is 308 g/mol. The number of aromatic nitrogens is 2. The van der Waals surface area contributed by atoms with Crippen LogP contribution in [0.25, 0.3) is 0 Å². The van der Waals surface area contributed by atoms with E-state index in [1.54, 1.807) is 0 Å². The van der Waals surface area contributed by atoms with Crippen molar-refractivity contribution in [1.82, 2.24) is 9.97 Å². The van der Waals surface area contributed by atoms with Crippen LogP contribution in [0, 0.1) is 11.8 Å². The molecule has 0 aliphatic heterocycles. The highest BCUT2D eigenvalue weighted by atomic mass is 35.5. The van der Waals surface area contributed by atoms with Crippen molar-refractivity contribution in [2.45, 2.75) is 45.4 Å². The summed E-state index contributed by atoms with van der Waals surface area (Å²) in [4.78, 5) is 6.58. The Morgan fingerprint density at radius 1 is 1.15 bits per heavy atom. The summed E-state index contributed by atoms with van der Waals surface area (Å²) >= 11 is 5.60. The molecule has 1 aliphatic rings. The summed E-state index contributed by atoms with van der Waals surface area (Å²) in [5.41, 5.74) is 0. The highest BCUT2D eigenvalue weighted by Crippen LogP contribution is 2.33. The lowest BCUT2D eigenvalue weighted by Gasteiger charge is -2.31. The van der Waals surface area contributed by atoms with Gasteiger partial charge in [-0.05, 0) is 31.1 Å². The Morgan fingerprint density at radius 3 is 2.30 bits per heavy atom. The van der Waals surface area contributed by atoms with Gasteiger partial charge in [0.05, 0.1) is 0 Å². The van der Waals surface area contributed by atoms with Crippen LogP contribution in [0.5, 0.6) is 5.88 Å². The van der Waals surface area contributed by atoms with E-state index >= 15 is 0 Å². The molecule has 2 unspecified atom stereocenters. The molecule has 0 saturated heterocycles. The summed E-state index contributed by atoms with van der Waals surface area (Å²) in [6.07, 6.45) is -2.02. The molecule has 3 nitrogen and oxygen atoms in total. The van der Waals surface area contributed by atoms with E-state index in [4.69, 9.17) is 16.3 Å². The number of rotatable bonds is 2. The van der Waals surface area contributed by atoms with Crippen molar-refractivity contribution in [2.24, 2.45) is 11.8 Å². The fourth-order valence-corrected chi connectivity index (χ4v) is 2.90. The molecule has 0 radical (unpaired) electrons. The topological polar surface area (TPSA) is 35.0 Å². The third kappa shape index (κ3) is 3.98. The molecule has 0 N–H and O–H groups in total. The quantitative estimate of drug-likeness (QED) is 0.762. The predicted molar refractivity (Wildman–Crippen MR) is 68.6 cm³/mol. The largest absolute Gasteiger partial charge is 0.474 e. The van der Waals surface area contributed by atoms with Gasteiger partial charge >= 0.3 is 6.18 Å². The average Bonchev–Trinajstić information content (AvgIpc) is 2.25.